The Labute approximate surface area is 124 Å². The van der Waals surface area contributed by atoms with E-state index >= 15 is 0 Å². The highest BCUT2D eigenvalue weighted by atomic mass is 16.5. The second-order valence-corrected chi connectivity index (χ2v) is 4.67. The van der Waals surface area contributed by atoms with Crippen molar-refractivity contribution in [1.82, 2.24) is 4.90 Å². The number of carbonyl (C=O) groups excluding carboxylic acids is 1. The van der Waals surface area contributed by atoms with E-state index in [4.69, 9.17) is 9.15 Å². The molecule has 5 heteroatoms. The van der Waals surface area contributed by atoms with Gasteiger partial charge in [0.15, 0.2) is 0 Å². The molecule has 0 saturated heterocycles. The molecule has 0 aliphatic heterocycles. The molecular weight excluding hydrogens is 270 g/mol. The quantitative estimate of drug-likeness (QED) is 0.733. The fourth-order valence-corrected chi connectivity index (χ4v) is 1.94. The van der Waals surface area contributed by atoms with Crippen LogP contribution in [0.2, 0.25) is 0 Å². The van der Waals surface area contributed by atoms with Crippen molar-refractivity contribution >= 4 is 5.97 Å². The first-order valence-electron chi connectivity index (χ1n) is 6.72. The molecule has 112 valence electrons. The van der Waals surface area contributed by atoms with E-state index in [1.165, 1.54) is 13.4 Å². The Kier molecular flexibility index (Phi) is 5.40. The van der Waals surface area contributed by atoms with Crippen LogP contribution in [0, 0.1) is 0 Å². The van der Waals surface area contributed by atoms with Crippen molar-refractivity contribution in [1.29, 1.82) is 0 Å². The van der Waals surface area contributed by atoms with E-state index in [1.54, 1.807) is 6.07 Å². The fraction of sp³-hybridized carbons (Fsp3) is 0.312. The first-order valence-corrected chi connectivity index (χ1v) is 6.72. The van der Waals surface area contributed by atoms with Gasteiger partial charge in [-0.2, -0.15) is 0 Å². The Morgan fingerprint density at radius 1 is 1.24 bits per heavy atom. The Bertz CT molecular complexity index is 565. The molecule has 1 aromatic carbocycles. The summed E-state index contributed by atoms with van der Waals surface area (Å²) in [6, 6.07) is 11.4. The fourth-order valence-electron chi connectivity index (χ4n) is 1.94. The molecule has 0 unspecified atom stereocenters. The average molecular weight is 289 g/mol. The minimum absolute atomic E-state index is 0.258. The van der Waals surface area contributed by atoms with Gasteiger partial charge in [0.05, 0.1) is 13.4 Å². The number of nitrogens with zero attached hydrogens (tertiary/aromatic N) is 1. The van der Waals surface area contributed by atoms with Gasteiger partial charge in [-0.15, -0.1) is 0 Å². The Morgan fingerprint density at radius 3 is 2.71 bits per heavy atom. The van der Waals surface area contributed by atoms with E-state index in [9.17, 15) is 4.79 Å². The van der Waals surface area contributed by atoms with Gasteiger partial charge in [0.2, 0.25) is 5.76 Å². The molecule has 0 fully saturated rings. The number of hydrogen-bond acceptors (Lipinski definition) is 5. The highest BCUT2D eigenvalue weighted by Crippen LogP contribution is 2.14. The summed E-state index contributed by atoms with van der Waals surface area (Å²) in [5.74, 6) is 0.654. The van der Waals surface area contributed by atoms with Gasteiger partial charge in [0, 0.05) is 18.7 Å². The predicted octanol–water partition coefficient (Wildman–Crippen LogP) is 2.58. The van der Waals surface area contributed by atoms with Gasteiger partial charge < -0.3 is 13.9 Å². The van der Waals surface area contributed by atoms with Crippen molar-refractivity contribution in [3.63, 3.8) is 0 Å². The van der Waals surface area contributed by atoms with Gasteiger partial charge in [-0.1, -0.05) is 18.2 Å². The highest BCUT2D eigenvalue weighted by Gasteiger charge is 2.16. The molecule has 5 nitrogen and oxygen atoms in total. The highest BCUT2D eigenvalue weighted by molar-refractivity contribution is 5.87. The monoisotopic (exact) mass is 289 g/mol. The third-order valence-corrected chi connectivity index (χ3v) is 3.04. The summed E-state index contributed by atoms with van der Waals surface area (Å²) < 4.78 is 15.5. The number of benzene rings is 1. The smallest absolute Gasteiger partial charge is 0.374 e. The first-order chi connectivity index (χ1) is 10.2. The van der Waals surface area contributed by atoms with Crippen LogP contribution in [0.4, 0.5) is 0 Å². The molecule has 1 aromatic heterocycles. The SMILES string of the molecule is COC(=O)c1occc1CN(C)CCOc1ccccc1. The normalized spacial score (nSPS) is 10.6. The Hall–Kier alpha value is -2.27. The van der Waals surface area contributed by atoms with Crippen LogP contribution < -0.4 is 4.74 Å². The summed E-state index contributed by atoms with van der Waals surface area (Å²) >= 11 is 0. The van der Waals surface area contributed by atoms with E-state index in [0.29, 0.717) is 13.2 Å². The summed E-state index contributed by atoms with van der Waals surface area (Å²) in [5, 5.41) is 0. The maximum absolute atomic E-state index is 11.5. The summed E-state index contributed by atoms with van der Waals surface area (Å²) in [5.41, 5.74) is 0.809. The van der Waals surface area contributed by atoms with Crippen LogP contribution in [0.25, 0.3) is 0 Å². The average Bonchev–Trinajstić information content (AvgIpc) is 2.95. The molecule has 1 heterocycles. The van der Waals surface area contributed by atoms with Gasteiger partial charge in [0.25, 0.3) is 0 Å². The summed E-state index contributed by atoms with van der Waals surface area (Å²) in [7, 11) is 3.30. The minimum Gasteiger partial charge on any atom is -0.492 e. The van der Waals surface area contributed by atoms with Crippen molar-refractivity contribution in [3.05, 3.63) is 54.0 Å². The number of ether oxygens (including phenoxy) is 2. The number of methoxy groups -OCH3 is 1. The maximum atomic E-state index is 11.5. The molecule has 0 radical (unpaired) electrons. The second-order valence-electron chi connectivity index (χ2n) is 4.67. The standard InChI is InChI=1S/C16H19NO4/c1-17(9-11-20-14-6-4-3-5-7-14)12-13-8-10-21-15(13)16(18)19-2/h3-8,10H,9,11-12H2,1-2H3. The summed E-state index contributed by atoms with van der Waals surface area (Å²) in [6.07, 6.45) is 1.50. The van der Waals surface area contributed by atoms with Crippen molar-refractivity contribution in [2.24, 2.45) is 0 Å². The van der Waals surface area contributed by atoms with Crippen LogP contribution in [-0.2, 0) is 11.3 Å². The molecule has 0 aliphatic carbocycles. The third-order valence-electron chi connectivity index (χ3n) is 3.04. The Balaban J connectivity index is 1.81. The molecule has 0 atom stereocenters. The lowest BCUT2D eigenvalue weighted by atomic mass is 10.2. The zero-order chi connectivity index (χ0) is 15.1. The Morgan fingerprint density at radius 2 is 2.00 bits per heavy atom. The zero-order valence-corrected chi connectivity index (χ0v) is 12.2. The molecule has 0 aliphatic rings. The van der Waals surface area contributed by atoms with Crippen molar-refractivity contribution in [3.8, 4) is 5.75 Å². The van der Waals surface area contributed by atoms with Gasteiger partial charge in [0.1, 0.15) is 12.4 Å². The molecule has 0 N–H and O–H groups in total. The zero-order valence-electron chi connectivity index (χ0n) is 12.2. The number of carbonyl (C=O) groups is 1. The largest absolute Gasteiger partial charge is 0.492 e. The number of para-hydroxylation sites is 1. The van der Waals surface area contributed by atoms with Crippen molar-refractivity contribution < 1.29 is 18.7 Å². The number of hydrogen-bond donors (Lipinski definition) is 0. The first kappa shape index (κ1) is 15.1. The molecule has 21 heavy (non-hydrogen) atoms. The number of esters is 1. The summed E-state index contributed by atoms with van der Waals surface area (Å²) in [6.45, 7) is 1.91. The molecular formula is C16H19NO4. The summed E-state index contributed by atoms with van der Waals surface area (Å²) in [4.78, 5) is 13.6. The molecule has 2 aromatic rings. The van der Waals surface area contributed by atoms with E-state index in [1.807, 2.05) is 37.4 Å². The lowest BCUT2D eigenvalue weighted by Gasteiger charge is -2.16. The molecule has 0 bridgehead atoms. The lowest BCUT2D eigenvalue weighted by molar-refractivity contribution is 0.0562. The number of rotatable bonds is 7. The van der Waals surface area contributed by atoms with Gasteiger partial charge >= 0.3 is 5.97 Å². The molecule has 2 rings (SSSR count). The third kappa shape index (κ3) is 4.36. The van der Waals surface area contributed by atoms with Crippen LogP contribution >= 0.6 is 0 Å². The van der Waals surface area contributed by atoms with Crippen molar-refractivity contribution in [2.75, 3.05) is 27.3 Å². The van der Waals surface area contributed by atoms with Crippen LogP contribution in [0.5, 0.6) is 5.75 Å². The van der Waals surface area contributed by atoms with Gasteiger partial charge in [-0.25, -0.2) is 4.79 Å². The minimum atomic E-state index is -0.455. The lowest BCUT2D eigenvalue weighted by Crippen LogP contribution is -2.24. The van der Waals surface area contributed by atoms with Crippen LogP contribution in [0.1, 0.15) is 16.1 Å². The van der Waals surface area contributed by atoms with Gasteiger partial charge in [-0.3, -0.25) is 4.90 Å². The topological polar surface area (TPSA) is 51.9 Å². The van der Waals surface area contributed by atoms with Gasteiger partial charge in [-0.05, 0) is 25.2 Å². The predicted molar refractivity (Wildman–Crippen MR) is 78.3 cm³/mol. The number of furan rings is 1. The molecule has 0 saturated carbocycles. The van der Waals surface area contributed by atoms with Crippen LogP contribution in [0.15, 0.2) is 47.1 Å². The van der Waals surface area contributed by atoms with E-state index in [-0.39, 0.29) is 5.76 Å². The van der Waals surface area contributed by atoms with Crippen LogP contribution in [0.3, 0.4) is 0 Å². The molecule has 0 spiro atoms. The van der Waals surface area contributed by atoms with Crippen LogP contribution in [-0.4, -0.2) is 38.2 Å². The van der Waals surface area contributed by atoms with E-state index < -0.39 is 5.97 Å². The maximum Gasteiger partial charge on any atom is 0.374 e. The van der Waals surface area contributed by atoms with E-state index in [0.717, 1.165) is 17.9 Å². The molecule has 0 amide bonds. The van der Waals surface area contributed by atoms with Crippen molar-refractivity contribution in [2.45, 2.75) is 6.54 Å². The second kappa shape index (κ2) is 7.50. The number of likely N-dealkylation sites (N-methyl/N-ethyl adjacent to an activating group) is 1. The van der Waals surface area contributed by atoms with E-state index in [2.05, 4.69) is 9.64 Å².